The summed E-state index contributed by atoms with van der Waals surface area (Å²) in [5.41, 5.74) is 2.74. The number of aromatic nitrogens is 1. The molecule has 162 valence electrons. The number of piperidine rings is 1. The van der Waals surface area contributed by atoms with Crippen LogP contribution in [0.2, 0.25) is 0 Å². The van der Waals surface area contributed by atoms with Gasteiger partial charge in [-0.2, -0.15) is 0 Å². The average molecular weight is 438 g/mol. The Hall–Kier alpha value is -3.06. The summed E-state index contributed by atoms with van der Waals surface area (Å²) in [4.78, 5) is 19.3. The van der Waals surface area contributed by atoms with Crippen molar-refractivity contribution in [3.05, 3.63) is 65.2 Å². The van der Waals surface area contributed by atoms with Crippen LogP contribution >= 0.6 is 11.3 Å². The fourth-order valence-electron chi connectivity index (χ4n) is 3.82. The van der Waals surface area contributed by atoms with Gasteiger partial charge in [-0.1, -0.05) is 12.1 Å². The topological polar surface area (TPSA) is 63.7 Å². The SMILES string of the molecule is COc1ccc(CC2CCN(C(=O)c3csc(Nc4ccc(OC)cc4)n3)CC2)cc1. The first-order valence-electron chi connectivity index (χ1n) is 10.4. The number of hydrogen-bond acceptors (Lipinski definition) is 6. The van der Waals surface area contributed by atoms with E-state index in [0.29, 0.717) is 16.7 Å². The summed E-state index contributed by atoms with van der Waals surface area (Å²) in [6.45, 7) is 1.55. The van der Waals surface area contributed by atoms with Gasteiger partial charge < -0.3 is 19.7 Å². The average Bonchev–Trinajstić information content (AvgIpc) is 3.28. The number of ether oxygens (including phenoxy) is 2. The van der Waals surface area contributed by atoms with Gasteiger partial charge in [0.15, 0.2) is 5.13 Å². The van der Waals surface area contributed by atoms with E-state index in [-0.39, 0.29) is 5.91 Å². The largest absolute Gasteiger partial charge is 0.497 e. The number of anilines is 2. The lowest BCUT2D eigenvalue weighted by Gasteiger charge is -2.31. The van der Waals surface area contributed by atoms with Crippen LogP contribution in [0.5, 0.6) is 11.5 Å². The lowest BCUT2D eigenvalue weighted by molar-refractivity contribution is 0.0685. The highest BCUT2D eigenvalue weighted by Gasteiger charge is 2.25. The van der Waals surface area contributed by atoms with Crippen LogP contribution in [0.1, 0.15) is 28.9 Å². The molecule has 3 aromatic rings. The van der Waals surface area contributed by atoms with E-state index in [1.807, 2.05) is 46.7 Å². The first kappa shape index (κ1) is 21.2. The zero-order valence-corrected chi connectivity index (χ0v) is 18.7. The first-order valence-corrected chi connectivity index (χ1v) is 11.3. The number of carbonyl (C=O) groups excluding carboxylic acids is 1. The van der Waals surface area contributed by atoms with Gasteiger partial charge in [-0.05, 0) is 67.1 Å². The second-order valence-corrected chi connectivity index (χ2v) is 8.54. The number of methoxy groups -OCH3 is 2. The standard InChI is InChI=1S/C24H27N3O3S/c1-29-20-7-3-17(4-8-20)15-18-11-13-27(14-12-18)23(28)22-16-31-24(26-22)25-19-5-9-21(30-2)10-6-19/h3-10,16,18H,11-15H2,1-2H3,(H,25,26). The van der Waals surface area contributed by atoms with Crippen LogP contribution in [0.4, 0.5) is 10.8 Å². The molecule has 31 heavy (non-hydrogen) atoms. The summed E-state index contributed by atoms with van der Waals surface area (Å²) in [6.07, 6.45) is 3.07. The van der Waals surface area contributed by atoms with Crippen LogP contribution in [0, 0.1) is 5.92 Å². The number of carbonyl (C=O) groups is 1. The Morgan fingerprint density at radius 3 is 2.26 bits per heavy atom. The number of nitrogens with one attached hydrogen (secondary N) is 1. The maximum atomic E-state index is 12.9. The third-order valence-corrected chi connectivity index (χ3v) is 6.41. The number of hydrogen-bond donors (Lipinski definition) is 1. The molecule has 2 heterocycles. The number of rotatable bonds is 7. The van der Waals surface area contributed by atoms with E-state index in [4.69, 9.17) is 9.47 Å². The molecular formula is C24H27N3O3S. The molecule has 1 amide bonds. The summed E-state index contributed by atoms with van der Waals surface area (Å²) < 4.78 is 10.4. The maximum Gasteiger partial charge on any atom is 0.273 e. The Balaban J connectivity index is 1.29. The molecule has 6 nitrogen and oxygen atoms in total. The van der Waals surface area contributed by atoms with Crippen LogP contribution < -0.4 is 14.8 Å². The van der Waals surface area contributed by atoms with E-state index in [1.165, 1.54) is 16.9 Å². The molecular weight excluding hydrogens is 410 g/mol. The summed E-state index contributed by atoms with van der Waals surface area (Å²) in [5.74, 6) is 2.30. The van der Waals surface area contributed by atoms with E-state index in [1.54, 1.807) is 14.2 Å². The highest BCUT2D eigenvalue weighted by molar-refractivity contribution is 7.14. The Labute approximate surface area is 186 Å². The van der Waals surface area contributed by atoms with Gasteiger partial charge in [-0.15, -0.1) is 11.3 Å². The Kier molecular flexibility index (Phi) is 6.72. The fraction of sp³-hybridized carbons (Fsp3) is 0.333. The lowest BCUT2D eigenvalue weighted by atomic mass is 9.90. The van der Waals surface area contributed by atoms with Crippen molar-refractivity contribution in [2.45, 2.75) is 19.3 Å². The summed E-state index contributed by atoms with van der Waals surface area (Å²) in [7, 11) is 3.32. The van der Waals surface area contributed by atoms with E-state index in [9.17, 15) is 4.79 Å². The van der Waals surface area contributed by atoms with E-state index < -0.39 is 0 Å². The monoisotopic (exact) mass is 437 g/mol. The van der Waals surface area contributed by atoms with Crippen molar-refractivity contribution < 1.29 is 14.3 Å². The summed E-state index contributed by atoms with van der Waals surface area (Å²) >= 11 is 1.44. The van der Waals surface area contributed by atoms with Gasteiger partial charge in [-0.3, -0.25) is 4.79 Å². The molecule has 1 aromatic heterocycles. The number of amides is 1. The zero-order valence-electron chi connectivity index (χ0n) is 17.8. The third-order valence-electron chi connectivity index (χ3n) is 5.65. The number of nitrogens with zero attached hydrogens (tertiary/aromatic N) is 2. The second kappa shape index (κ2) is 9.83. The van der Waals surface area contributed by atoms with Crippen molar-refractivity contribution in [1.29, 1.82) is 0 Å². The van der Waals surface area contributed by atoms with Crippen molar-refractivity contribution in [2.24, 2.45) is 5.92 Å². The normalized spacial score (nSPS) is 14.3. The first-order chi connectivity index (χ1) is 15.1. The zero-order chi connectivity index (χ0) is 21.6. The minimum absolute atomic E-state index is 0.0157. The summed E-state index contributed by atoms with van der Waals surface area (Å²) in [6, 6.07) is 15.9. The molecule has 1 aliphatic heterocycles. The molecule has 4 rings (SSSR count). The van der Waals surface area contributed by atoms with Gasteiger partial charge in [0.2, 0.25) is 0 Å². The van der Waals surface area contributed by atoms with Crippen molar-refractivity contribution in [3.8, 4) is 11.5 Å². The van der Waals surface area contributed by atoms with Gasteiger partial charge in [-0.25, -0.2) is 4.98 Å². The highest BCUT2D eigenvalue weighted by atomic mass is 32.1. The minimum Gasteiger partial charge on any atom is -0.497 e. The molecule has 0 unspecified atom stereocenters. The molecule has 0 radical (unpaired) electrons. The minimum atomic E-state index is 0.0157. The van der Waals surface area contributed by atoms with E-state index in [0.717, 1.165) is 49.5 Å². The van der Waals surface area contributed by atoms with Crippen LogP contribution in [-0.2, 0) is 6.42 Å². The predicted octanol–water partition coefficient (Wildman–Crippen LogP) is 5.00. The molecule has 1 saturated heterocycles. The fourth-order valence-corrected chi connectivity index (χ4v) is 4.53. The number of likely N-dealkylation sites (tertiary alicyclic amines) is 1. The Bertz CT molecular complexity index is 994. The van der Waals surface area contributed by atoms with Crippen molar-refractivity contribution >= 4 is 28.1 Å². The molecule has 0 aliphatic carbocycles. The Morgan fingerprint density at radius 1 is 1.03 bits per heavy atom. The molecule has 1 fully saturated rings. The quantitative estimate of drug-likeness (QED) is 0.564. The van der Waals surface area contributed by atoms with Crippen LogP contribution in [0.25, 0.3) is 0 Å². The molecule has 1 aliphatic rings. The van der Waals surface area contributed by atoms with Crippen molar-refractivity contribution in [3.63, 3.8) is 0 Å². The number of thiazole rings is 1. The van der Waals surface area contributed by atoms with Gasteiger partial charge in [0.05, 0.1) is 14.2 Å². The van der Waals surface area contributed by atoms with Crippen molar-refractivity contribution in [2.75, 3.05) is 32.6 Å². The maximum absolute atomic E-state index is 12.9. The van der Waals surface area contributed by atoms with Gasteiger partial charge in [0.1, 0.15) is 17.2 Å². The predicted molar refractivity (Wildman–Crippen MR) is 124 cm³/mol. The number of benzene rings is 2. The molecule has 1 N–H and O–H groups in total. The molecule has 0 spiro atoms. The second-order valence-electron chi connectivity index (χ2n) is 7.68. The summed E-state index contributed by atoms with van der Waals surface area (Å²) in [5, 5.41) is 5.79. The molecule has 2 aromatic carbocycles. The third kappa shape index (κ3) is 5.35. The lowest BCUT2D eigenvalue weighted by Crippen LogP contribution is -2.39. The van der Waals surface area contributed by atoms with Gasteiger partial charge >= 0.3 is 0 Å². The van der Waals surface area contributed by atoms with Crippen molar-refractivity contribution in [1.82, 2.24) is 9.88 Å². The smallest absolute Gasteiger partial charge is 0.273 e. The van der Waals surface area contributed by atoms with Crippen LogP contribution in [-0.4, -0.2) is 43.1 Å². The molecule has 0 bridgehead atoms. The van der Waals surface area contributed by atoms with E-state index in [2.05, 4.69) is 22.4 Å². The molecule has 7 heteroatoms. The van der Waals surface area contributed by atoms with E-state index >= 15 is 0 Å². The van der Waals surface area contributed by atoms with Gasteiger partial charge in [0.25, 0.3) is 5.91 Å². The van der Waals surface area contributed by atoms with Gasteiger partial charge in [0, 0.05) is 24.2 Å². The van der Waals surface area contributed by atoms with Crippen LogP contribution in [0.15, 0.2) is 53.9 Å². The molecule has 0 atom stereocenters. The Morgan fingerprint density at radius 2 is 1.65 bits per heavy atom. The molecule has 0 saturated carbocycles. The van der Waals surface area contributed by atoms with Crippen LogP contribution in [0.3, 0.4) is 0 Å². The highest BCUT2D eigenvalue weighted by Crippen LogP contribution is 2.26.